The van der Waals surface area contributed by atoms with Crippen LogP contribution < -0.4 is 4.90 Å². The van der Waals surface area contributed by atoms with Gasteiger partial charge in [-0.15, -0.1) is 5.10 Å². The van der Waals surface area contributed by atoms with Gasteiger partial charge in [-0.2, -0.15) is 5.10 Å². The van der Waals surface area contributed by atoms with E-state index in [2.05, 4.69) is 17.0 Å². The number of esters is 1. The second-order valence-electron chi connectivity index (χ2n) is 9.57. The standard InChI is InChI=1S/C28H32N6O3/c1-4-32(27(35)21-9-7-19(3)8-10-21)26-23(28(36)37-5-2)18-34(31-26)22-13-11-20(12-14-22)24-17-25-29-15-6-16-33(25)30-24/h6,11-19,21H,4-5,7-10H2,1-3H3/t19-,21-. The maximum absolute atomic E-state index is 13.5. The van der Waals surface area contributed by atoms with Crippen LogP contribution in [0.1, 0.15) is 56.8 Å². The van der Waals surface area contributed by atoms with Crippen LogP contribution in [0.2, 0.25) is 0 Å². The van der Waals surface area contributed by atoms with E-state index < -0.39 is 5.97 Å². The quantitative estimate of drug-likeness (QED) is 0.334. The number of carbonyl (C=O) groups excluding carboxylic acids is 2. The second kappa shape index (κ2) is 10.5. The van der Waals surface area contributed by atoms with Crippen LogP contribution in [0.4, 0.5) is 5.82 Å². The van der Waals surface area contributed by atoms with Crippen LogP contribution in [-0.2, 0) is 9.53 Å². The molecule has 0 N–H and O–H groups in total. The monoisotopic (exact) mass is 500 g/mol. The first-order chi connectivity index (χ1) is 18.0. The summed E-state index contributed by atoms with van der Waals surface area (Å²) >= 11 is 0. The van der Waals surface area contributed by atoms with Gasteiger partial charge in [0.15, 0.2) is 11.5 Å². The third-order valence-electron chi connectivity index (χ3n) is 7.06. The largest absolute Gasteiger partial charge is 0.462 e. The van der Waals surface area contributed by atoms with E-state index in [9.17, 15) is 9.59 Å². The summed E-state index contributed by atoms with van der Waals surface area (Å²) < 4.78 is 8.68. The lowest BCUT2D eigenvalue weighted by molar-refractivity contribution is -0.123. The van der Waals surface area contributed by atoms with Gasteiger partial charge in [0, 0.05) is 42.7 Å². The number of benzene rings is 1. The highest BCUT2D eigenvalue weighted by Gasteiger charge is 2.32. The third-order valence-corrected chi connectivity index (χ3v) is 7.06. The Hall–Kier alpha value is -4.01. The van der Waals surface area contributed by atoms with Gasteiger partial charge in [0.1, 0.15) is 5.56 Å². The number of ether oxygens (including phenoxy) is 1. The van der Waals surface area contributed by atoms with Gasteiger partial charge in [-0.25, -0.2) is 19.0 Å². The number of fused-ring (bicyclic) bond motifs is 1. The molecule has 9 nitrogen and oxygen atoms in total. The van der Waals surface area contributed by atoms with E-state index >= 15 is 0 Å². The number of amides is 1. The van der Waals surface area contributed by atoms with Crippen molar-refractivity contribution in [3.63, 3.8) is 0 Å². The lowest BCUT2D eigenvalue weighted by Crippen LogP contribution is -2.38. The Morgan fingerprint density at radius 1 is 1.08 bits per heavy atom. The van der Waals surface area contributed by atoms with Crippen LogP contribution in [0, 0.1) is 11.8 Å². The number of anilines is 1. The van der Waals surface area contributed by atoms with E-state index in [0.29, 0.717) is 18.3 Å². The van der Waals surface area contributed by atoms with Crippen LogP contribution in [-0.4, -0.2) is 49.4 Å². The molecule has 0 saturated heterocycles. The first-order valence-corrected chi connectivity index (χ1v) is 13.0. The first-order valence-electron chi connectivity index (χ1n) is 13.0. The van der Waals surface area contributed by atoms with Gasteiger partial charge in [0.25, 0.3) is 0 Å². The molecule has 3 aromatic heterocycles. The summed E-state index contributed by atoms with van der Waals surface area (Å²) in [6.07, 6.45) is 9.06. The van der Waals surface area contributed by atoms with E-state index in [1.807, 2.05) is 49.5 Å². The van der Waals surface area contributed by atoms with Crippen molar-refractivity contribution in [1.29, 1.82) is 0 Å². The molecule has 0 atom stereocenters. The summed E-state index contributed by atoms with van der Waals surface area (Å²) in [6, 6.07) is 11.5. The molecule has 0 radical (unpaired) electrons. The van der Waals surface area contributed by atoms with E-state index in [-0.39, 0.29) is 24.0 Å². The summed E-state index contributed by atoms with van der Waals surface area (Å²) in [5.74, 6) is 0.492. The molecule has 37 heavy (non-hydrogen) atoms. The van der Waals surface area contributed by atoms with Gasteiger partial charge in [-0.3, -0.25) is 9.69 Å². The van der Waals surface area contributed by atoms with Gasteiger partial charge < -0.3 is 4.74 Å². The van der Waals surface area contributed by atoms with Gasteiger partial charge in [0.05, 0.1) is 18.0 Å². The smallest absolute Gasteiger partial charge is 0.343 e. The molecule has 9 heteroatoms. The SMILES string of the molecule is CCOC(=O)c1cn(-c2ccc(-c3cc4ncccn4n3)cc2)nc1N(CC)C(=O)[C@H]1CC[C@H](C)CC1. The van der Waals surface area contributed by atoms with Gasteiger partial charge in [0.2, 0.25) is 5.91 Å². The van der Waals surface area contributed by atoms with Crippen LogP contribution in [0.15, 0.2) is 55.0 Å². The molecule has 0 bridgehead atoms. The molecule has 0 aliphatic heterocycles. The summed E-state index contributed by atoms with van der Waals surface area (Å²) in [5, 5.41) is 9.29. The fourth-order valence-electron chi connectivity index (χ4n) is 4.94. The predicted molar refractivity (Wildman–Crippen MR) is 141 cm³/mol. The summed E-state index contributed by atoms with van der Waals surface area (Å²) in [5.41, 5.74) is 3.57. The van der Waals surface area contributed by atoms with E-state index in [4.69, 9.17) is 9.84 Å². The zero-order valence-electron chi connectivity index (χ0n) is 21.5. The number of aromatic nitrogens is 5. The van der Waals surface area contributed by atoms with Crippen molar-refractivity contribution in [3.8, 4) is 16.9 Å². The van der Waals surface area contributed by atoms with Crippen molar-refractivity contribution in [2.24, 2.45) is 11.8 Å². The Morgan fingerprint density at radius 2 is 1.84 bits per heavy atom. The topological polar surface area (TPSA) is 94.6 Å². The van der Waals surface area contributed by atoms with Crippen LogP contribution >= 0.6 is 0 Å². The van der Waals surface area contributed by atoms with E-state index in [1.54, 1.807) is 33.4 Å². The molecule has 0 spiro atoms. The molecule has 4 aromatic rings. The molecule has 1 saturated carbocycles. The van der Waals surface area contributed by atoms with Gasteiger partial charge in [-0.05, 0) is 63.6 Å². The van der Waals surface area contributed by atoms with Crippen molar-refractivity contribution < 1.29 is 14.3 Å². The molecule has 3 heterocycles. The predicted octanol–water partition coefficient (Wildman–Crippen LogP) is 4.94. The van der Waals surface area contributed by atoms with Crippen molar-refractivity contribution >= 4 is 23.3 Å². The van der Waals surface area contributed by atoms with Crippen molar-refractivity contribution in [2.75, 3.05) is 18.1 Å². The summed E-state index contributed by atoms with van der Waals surface area (Å²) in [4.78, 5) is 32.3. The minimum Gasteiger partial charge on any atom is -0.462 e. The molecule has 1 amide bonds. The molecule has 1 aromatic carbocycles. The van der Waals surface area contributed by atoms with Crippen molar-refractivity contribution in [3.05, 3.63) is 60.6 Å². The Labute approximate surface area is 216 Å². The highest BCUT2D eigenvalue weighted by Crippen LogP contribution is 2.32. The zero-order valence-corrected chi connectivity index (χ0v) is 21.5. The number of hydrogen-bond acceptors (Lipinski definition) is 6. The van der Waals surface area contributed by atoms with E-state index in [0.717, 1.165) is 48.3 Å². The average molecular weight is 501 g/mol. The average Bonchev–Trinajstić information content (AvgIpc) is 3.55. The Kier molecular flexibility index (Phi) is 7.03. The molecule has 1 aliphatic rings. The maximum atomic E-state index is 13.5. The molecule has 1 fully saturated rings. The molecular weight excluding hydrogens is 468 g/mol. The molecular formula is C28H32N6O3. The third kappa shape index (κ3) is 4.98. The minimum absolute atomic E-state index is 0.0287. The molecule has 1 aliphatic carbocycles. The zero-order chi connectivity index (χ0) is 25.9. The van der Waals surface area contributed by atoms with Crippen LogP contribution in [0.3, 0.4) is 0 Å². The van der Waals surface area contributed by atoms with Gasteiger partial charge in [-0.1, -0.05) is 19.1 Å². The minimum atomic E-state index is -0.485. The fraction of sp³-hybridized carbons (Fsp3) is 0.393. The normalized spacial score (nSPS) is 17.6. The Morgan fingerprint density at radius 3 is 2.51 bits per heavy atom. The van der Waals surface area contributed by atoms with Crippen LogP contribution in [0.5, 0.6) is 0 Å². The highest BCUT2D eigenvalue weighted by atomic mass is 16.5. The van der Waals surface area contributed by atoms with Gasteiger partial charge >= 0.3 is 5.97 Å². The summed E-state index contributed by atoms with van der Waals surface area (Å²) in [6.45, 7) is 6.58. The lowest BCUT2D eigenvalue weighted by Gasteiger charge is -2.29. The number of carbonyl (C=O) groups is 2. The number of rotatable bonds is 7. The molecule has 192 valence electrons. The molecule has 5 rings (SSSR count). The van der Waals surface area contributed by atoms with Crippen molar-refractivity contribution in [2.45, 2.75) is 46.5 Å². The summed E-state index contributed by atoms with van der Waals surface area (Å²) in [7, 11) is 0. The number of hydrogen-bond donors (Lipinski definition) is 0. The van der Waals surface area contributed by atoms with E-state index in [1.165, 1.54) is 0 Å². The highest BCUT2D eigenvalue weighted by molar-refractivity contribution is 6.02. The Balaban J connectivity index is 1.46. The maximum Gasteiger partial charge on any atom is 0.343 e. The Bertz CT molecular complexity index is 1370. The number of nitrogens with zero attached hydrogens (tertiary/aromatic N) is 6. The first kappa shape index (κ1) is 24.7. The van der Waals surface area contributed by atoms with Crippen molar-refractivity contribution in [1.82, 2.24) is 24.4 Å². The molecule has 0 unspecified atom stereocenters. The lowest BCUT2D eigenvalue weighted by atomic mass is 9.82. The fourth-order valence-corrected chi connectivity index (χ4v) is 4.94. The second-order valence-corrected chi connectivity index (χ2v) is 9.57. The van der Waals surface area contributed by atoms with Crippen LogP contribution in [0.25, 0.3) is 22.6 Å².